The monoisotopic (exact) mass is 312 g/mol. The Bertz CT molecular complexity index is 539. The molecule has 7 heteroatoms. The molecule has 0 spiro atoms. The molecule has 0 aliphatic carbocycles. The Morgan fingerprint density at radius 2 is 2.24 bits per heavy atom. The van der Waals surface area contributed by atoms with E-state index < -0.39 is 5.97 Å². The lowest BCUT2D eigenvalue weighted by Gasteiger charge is -2.26. The Balaban J connectivity index is 1.88. The third-order valence-electron chi connectivity index (χ3n) is 3.18. The van der Waals surface area contributed by atoms with Gasteiger partial charge in [-0.05, 0) is 24.5 Å². The molecule has 1 aliphatic heterocycles. The number of carbonyl (C=O) groups excluding carboxylic acids is 1. The van der Waals surface area contributed by atoms with Crippen LogP contribution in [0.15, 0.2) is 23.1 Å². The maximum absolute atomic E-state index is 13.7. The highest BCUT2D eigenvalue weighted by Gasteiger charge is 2.24. The summed E-state index contributed by atoms with van der Waals surface area (Å²) in [7, 11) is 0. The molecule has 1 aromatic carbocycles. The van der Waals surface area contributed by atoms with Crippen LogP contribution in [0.1, 0.15) is 30.9 Å². The minimum atomic E-state index is -0.883. The first-order valence-electron chi connectivity index (χ1n) is 6.75. The van der Waals surface area contributed by atoms with Crippen LogP contribution in [-0.4, -0.2) is 29.4 Å². The van der Waals surface area contributed by atoms with Gasteiger partial charge in [0, 0.05) is 23.6 Å². The number of carboxylic acid groups (broad SMARTS) is 1. The molecule has 114 valence electrons. The van der Waals surface area contributed by atoms with E-state index in [0.29, 0.717) is 17.9 Å². The van der Waals surface area contributed by atoms with E-state index in [1.165, 1.54) is 17.8 Å². The average molecular weight is 312 g/mol. The number of aliphatic carboxylic acids is 1. The van der Waals surface area contributed by atoms with Gasteiger partial charge < -0.3 is 15.7 Å². The van der Waals surface area contributed by atoms with Crippen molar-refractivity contribution < 1.29 is 19.1 Å². The first kappa shape index (κ1) is 15.6. The second-order valence-corrected chi connectivity index (χ2v) is 5.85. The van der Waals surface area contributed by atoms with Gasteiger partial charge in [0.2, 0.25) is 0 Å². The Morgan fingerprint density at radius 3 is 3.00 bits per heavy atom. The highest BCUT2D eigenvalue weighted by molar-refractivity contribution is 7.99. The predicted molar refractivity (Wildman–Crippen MR) is 77.9 cm³/mol. The summed E-state index contributed by atoms with van der Waals surface area (Å²) >= 11 is 1.46. The van der Waals surface area contributed by atoms with E-state index in [1.54, 1.807) is 6.07 Å². The van der Waals surface area contributed by atoms with Crippen LogP contribution in [0.3, 0.4) is 0 Å². The molecule has 1 unspecified atom stereocenters. The summed E-state index contributed by atoms with van der Waals surface area (Å²) in [5, 5.41) is 13.9. The van der Waals surface area contributed by atoms with Gasteiger partial charge in [0.1, 0.15) is 5.82 Å². The third-order valence-corrected chi connectivity index (χ3v) is 4.34. The number of hydrogen-bond donors (Lipinski definition) is 3. The fourth-order valence-corrected chi connectivity index (χ4v) is 3.33. The largest absolute Gasteiger partial charge is 0.481 e. The highest BCUT2D eigenvalue weighted by Crippen LogP contribution is 2.37. The Kier molecular flexibility index (Phi) is 5.44. The van der Waals surface area contributed by atoms with E-state index in [-0.39, 0.29) is 24.3 Å². The summed E-state index contributed by atoms with van der Waals surface area (Å²) in [6.07, 6.45) is 1.15. The molecule has 0 saturated heterocycles. The summed E-state index contributed by atoms with van der Waals surface area (Å²) in [6, 6.07) is 4.31. The summed E-state index contributed by atoms with van der Waals surface area (Å²) in [5.41, 5.74) is 0.798. The van der Waals surface area contributed by atoms with Crippen LogP contribution < -0.4 is 10.6 Å². The van der Waals surface area contributed by atoms with Crippen molar-refractivity contribution in [2.45, 2.75) is 30.2 Å². The van der Waals surface area contributed by atoms with Gasteiger partial charge in [0.05, 0.1) is 6.04 Å². The van der Waals surface area contributed by atoms with Crippen LogP contribution in [0, 0.1) is 5.82 Å². The van der Waals surface area contributed by atoms with Crippen LogP contribution in [0.25, 0.3) is 0 Å². The van der Waals surface area contributed by atoms with E-state index in [1.807, 2.05) is 6.07 Å². The fraction of sp³-hybridized carbons (Fsp3) is 0.429. The molecule has 0 fully saturated rings. The molecule has 1 aromatic rings. The average Bonchev–Trinajstić information content (AvgIpc) is 2.45. The number of carboxylic acids is 1. The topological polar surface area (TPSA) is 78.4 Å². The number of amides is 2. The molecule has 1 atom stereocenters. The molecule has 0 radical (unpaired) electrons. The number of thioether (sulfide) groups is 1. The molecular weight excluding hydrogens is 295 g/mol. The van der Waals surface area contributed by atoms with E-state index in [2.05, 4.69) is 10.6 Å². The van der Waals surface area contributed by atoms with Gasteiger partial charge in [0.15, 0.2) is 0 Å². The van der Waals surface area contributed by atoms with Gasteiger partial charge in [-0.2, -0.15) is 0 Å². The van der Waals surface area contributed by atoms with Crippen LogP contribution in [-0.2, 0) is 4.79 Å². The predicted octanol–water partition coefficient (Wildman–Crippen LogP) is 2.53. The number of carbonyl (C=O) groups is 2. The molecule has 2 amide bonds. The quantitative estimate of drug-likeness (QED) is 0.730. The number of urea groups is 1. The first-order valence-corrected chi connectivity index (χ1v) is 7.74. The molecule has 21 heavy (non-hydrogen) atoms. The number of fused-ring (bicyclic) bond motifs is 1. The summed E-state index contributed by atoms with van der Waals surface area (Å²) in [5.74, 6) is -0.394. The maximum atomic E-state index is 13.7. The SMILES string of the molecule is O=C(O)CCCNC(=O)NC1CCSc2c(F)cccc21. The molecule has 3 N–H and O–H groups in total. The van der Waals surface area contributed by atoms with Gasteiger partial charge in [-0.25, -0.2) is 9.18 Å². The Hall–Kier alpha value is -1.76. The highest BCUT2D eigenvalue weighted by atomic mass is 32.2. The molecule has 0 bridgehead atoms. The van der Waals surface area contributed by atoms with Crippen molar-refractivity contribution in [1.82, 2.24) is 10.6 Å². The number of benzene rings is 1. The summed E-state index contributed by atoms with van der Waals surface area (Å²) in [4.78, 5) is 22.7. The van der Waals surface area contributed by atoms with E-state index in [9.17, 15) is 14.0 Å². The first-order chi connectivity index (χ1) is 10.1. The zero-order valence-electron chi connectivity index (χ0n) is 11.4. The molecule has 2 rings (SSSR count). The third kappa shape index (κ3) is 4.35. The fourth-order valence-electron chi connectivity index (χ4n) is 2.19. The lowest BCUT2D eigenvalue weighted by Crippen LogP contribution is -2.39. The standard InChI is InChI=1S/C14H17FN2O3S/c15-10-4-1-3-9-11(6-8-21-13(9)10)17-14(20)16-7-2-5-12(18)19/h1,3-4,11H,2,5-8H2,(H,18,19)(H2,16,17,20). The number of halogens is 1. The minimum absolute atomic E-state index is 0.0222. The second-order valence-electron chi connectivity index (χ2n) is 4.75. The van der Waals surface area contributed by atoms with Crippen molar-refractivity contribution in [2.24, 2.45) is 0 Å². The molecule has 1 heterocycles. The van der Waals surface area contributed by atoms with E-state index in [0.717, 1.165) is 17.7 Å². The minimum Gasteiger partial charge on any atom is -0.481 e. The van der Waals surface area contributed by atoms with Crippen LogP contribution in [0.4, 0.5) is 9.18 Å². The van der Waals surface area contributed by atoms with Crippen molar-refractivity contribution in [3.05, 3.63) is 29.6 Å². The molecule has 0 aromatic heterocycles. The van der Waals surface area contributed by atoms with Gasteiger partial charge in [-0.3, -0.25) is 4.79 Å². The van der Waals surface area contributed by atoms with E-state index in [4.69, 9.17) is 5.11 Å². The lowest BCUT2D eigenvalue weighted by molar-refractivity contribution is -0.137. The van der Waals surface area contributed by atoms with Crippen LogP contribution in [0.5, 0.6) is 0 Å². The summed E-state index contributed by atoms with van der Waals surface area (Å²) < 4.78 is 13.7. The van der Waals surface area contributed by atoms with Gasteiger partial charge >= 0.3 is 12.0 Å². The molecule has 0 saturated carbocycles. The lowest BCUT2D eigenvalue weighted by atomic mass is 10.0. The van der Waals surface area contributed by atoms with Crippen molar-refractivity contribution >= 4 is 23.8 Å². The Labute approximate surface area is 126 Å². The zero-order chi connectivity index (χ0) is 15.2. The van der Waals surface area contributed by atoms with Gasteiger partial charge in [-0.15, -0.1) is 11.8 Å². The van der Waals surface area contributed by atoms with Crippen LogP contribution >= 0.6 is 11.8 Å². The normalized spacial score (nSPS) is 16.9. The Morgan fingerprint density at radius 1 is 1.43 bits per heavy atom. The maximum Gasteiger partial charge on any atom is 0.315 e. The second kappa shape index (κ2) is 7.31. The smallest absolute Gasteiger partial charge is 0.315 e. The van der Waals surface area contributed by atoms with Crippen molar-refractivity contribution in [1.29, 1.82) is 0 Å². The molecule has 1 aliphatic rings. The van der Waals surface area contributed by atoms with Crippen LogP contribution in [0.2, 0.25) is 0 Å². The number of nitrogens with one attached hydrogen (secondary N) is 2. The van der Waals surface area contributed by atoms with E-state index >= 15 is 0 Å². The van der Waals surface area contributed by atoms with Gasteiger partial charge in [0.25, 0.3) is 0 Å². The zero-order valence-corrected chi connectivity index (χ0v) is 12.2. The van der Waals surface area contributed by atoms with Crippen molar-refractivity contribution in [3.8, 4) is 0 Å². The van der Waals surface area contributed by atoms with Crippen molar-refractivity contribution in [3.63, 3.8) is 0 Å². The van der Waals surface area contributed by atoms with Gasteiger partial charge in [-0.1, -0.05) is 12.1 Å². The molecule has 5 nitrogen and oxygen atoms in total. The summed E-state index contributed by atoms with van der Waals surface area (Å²) in [6.45, 7) is 0.301. The van der Waals surface area contributed by atoms with Crippen molar-refractivity contribution in [2.75, 3.05) is 12.3 Å². The molecular formula is C14H17FN2O3S. The number of hydrogen-bond acceptors (Lipinski definition) is 3. The number of rotatable bonds is 5.